The molecule has 0 aromatic carbocycles. The quantitative estimate of drug-likeness (QED) is 0.245. The lowest BCUT2D eigenvalue weighted by Crippen LogP contribution is -2.48. The van der Waals surface area contributed by atoms with Crippen molar-refractivity contribution < 1.29 is 48.7 Å². The molecular formula is C32H50O10. The summed E-state index contributed by atoms with van der Waals surface area (Å²) < 4.78 is 16.6. The Morgan fingerprint density at radius 2 is 1.67 bits per heavy atom. The van der Waals surface area contributed by atoms with Gasteiger partial charge in [0.15, 0.2) is 6.10 Å². The number of aliphatic hydroxyl groups excluding tert-OH is 3. The van der Waals surface area contributed by atoms with Gasteiger partial charge in [-0.15, -0.1) is 0 Å². The molecule has 1 saturated heterocycles. The Bertz CT molecular complexity index is 1050. The summed E-state index contributed by atoms with van der Waals surface area (Å²) in [6.07, 6.45) is -0.351. The highest BCUT2D eigenvalue weighted by atomic mass is 16.6. The number of aliphatic hydroxyl groups is 3. The highest BCUT2D eigenvalue weighted by molar-refractivity contribution is 5.88. The first kappa shape index (κ1) is 36.0. The van der Waals surface area contributed by atoms with Gasteiger partial charge in [0.2, 0.25) is 0 Å². The van der Waals surface area contributed by atoms with Crippen LogP contribution in [0.15, 0.2) is 23.8 Å². The summed E-state index contributed by atoms with van der Waals surface area (Å²) in [7, 11) is 1.24. The maximum atomic E-state index is 13.7. The highest BCUT2D eigenvalue weighted by Crippen LogP contribution is 2.47. The molecule has 0 aromatic rings. The first-order valence-corrected chi connectivity index (χ1v) is 14.9. The van der Waals surface area contributed by atoms with Crippen LogP contribution in [0.25, 0.3) is 0 Å². The van der Waals surface area contributed by atoms with Gasteiger partial charge in [0.05, 0.1) is 24.2 Å². The minimum Gasteiger partial charge on any atom is -0.463 e. The van der Waals surface area contributed by atoms with E-state index in [2.05, 4.69) is 0 Å². The number of methoxy groups -OCH3 is 1. The summed E-state index contributed by atoms with van der Waals surface area (Å²) >= 11 is 0. The number of Topliss-reactive ketones (excluding diaryl/α,β-unsaturated/α-hetero) is 3. The molecule has 0 aliphatic carbocycles. The highest BCUT2D eigenvalue weighted by Gasteiger charge is 2.62. The fourth-order valence-corrected chi connectivity index (χ4v) is 6.04. The molecule has 1 fully saturated rings. The predicted molar refractivity (Wildman–Crippen MR) is 155 cm³/mol. The minimum absolute atomic E-state index is 0.0382. The standard InChI is InChI=1S/C32H50O10/c1-10-11-17(3)30-32(8,42-30)29(38)22-15-41-31(39)27(37)28(40-9)21(7)26(36)20(6)24(34)19(5)14-18(4)23(33)13-12-16(2)25(22)35/h10-11,14,16-18,20-22,24,27-30,34,37-38H,12-13,15H2,1-9H3. The van der Waals surface area contributed by atoms with E-state index in [0.717, 1.165) is 0 Å². The summed E-state index contributed by atoms with van der Waals surface area (Å²) in [6.45, 7) is 13.0. The Kier molecular flexibility index (Phi) is 12.8. The van der Waals surface area contributed by atoms with Gasteiger partial charge in [0, 0.05) is 43.1 Å². The molecule has 10 nitrogen and oxygen atoms in total. The fraction of sp³-hybridized carbons (Fsp3) is 0.750. The molecule has 0 radical (unpaired) electrons. The number of hydrogen-bond acceptors (Lipinski definition) is 10. The monoisotopic (exact) mass is 594 g/mol. The molecule has 12 unspecified atom stereocenters. The molecule has 2 rings (SSSR count). The normalized spacial score (nSPS) is 39.7. The van der Waals surface area contributed by atoms with Crippen LogP contribution in [0.1, 0.15) is 68.2 Å². The number of ketones is 3. The smallest absolute Gasteiger partial charge is 0.337 e. The van der Waals surface area contributed by atoms with E-state index in [1.807, 2.05) is 26.0 Å². The second-order valence-electron chi connectivity index (χ2n) is 12.4. The molecule has 2 aliphatic rings. The first-order valence-electron chi connectivity index (χ1n) is 14.9. The van der Waals surface area contributed by atoms with Gasteiger partial charge in [0.1, 0.15) is 35.7 Å². The Hall–Kier alpha value is -2.24. The Morgan fingerprint density at radius 1 is 1.05 bits per heavy atom. The zero-order chi connectivity index (χ0) is 32.1. The molecule has 10 heteroatoms. The summed E-state index contributed by atoms with van der Waals surface area (Å²) in [5, 5.41) is 33.1. The van der Waals surface area contributed by atoms with Gasteiger partial charge < -0.3 is 29.5 Å². The number of ether oxygens (including phenoxy) is 3. The topological polar surface area (TPSA) is 160 Å². The maximum Gasteiger partial charge on any atom is 0.337 e. The van der Waals surface area contributed by atoms with E-state index < -0.39 is 83.7 Å². The summed E-state index contributed by atoms with van der Waals surface area (Å²) in [6, 6.07) is 0. The van der Waals surface area contributed by atoms with E-state index in [-0.39, 0.29) is 30.6 Å². The second-order valence-corrected chi connectivity index (χ2v) is 12.4. The van der Waals surface area contributed by atoms with Crippen LogP contribution >= 0.6 is 0 Å². The molecule has 2 heterocycles. The summed E-state index contributed by atoms with van der Waals surface area (Å²) in [5.74, 6) is -6.48. The van der Waals surface area contributed by atoms with Crippen LogP contribution < -0.4 is 0 Å². The molecule has 0 spiro atoms. The van der Waals surface area contributed by atoms with Crippen LogP contribution in [0.2, 0.25) is 0 Å². The van der Waals surface area contributed by atoms with Gasteiger partial charge >= 0.3 is 5.97 Å². The molecule has 2 aliphatic heterocycles. The Balaban J connectivity index is 2.45. The van der Waals surface area contributed by atoms with Crippen molar-refractivity contribution in [1.82, 2.24) is 0 Å². The van der Waals surface area contributed by atoms with Crippen molar-refractivity contribution in [3.8, 4) is 0 Å². The molecule has 0 bridgehead atoms. The molecular weight excluding hydrogens is 544 g/mol. The van der Waals surface area contributed by atoms with Crippen LogP contribution in [0.4, 0.5) is 0 Å². The lowest BCUT2D eigenvalue weighted by atomic mass is 9.79. The fourth-order valence-electron chi connectivity index (χ4n) is 6.04. The lowest BCUT2D eigenvalue weighted by Gasteiger charge is -2.30. The van der Waals surface area contributed by atoms with Gasteiger partial charge in [-0.2, -0.15) is 0 Å². The molecule has 3 N–H and O–H groups in total. The van der Waals surface area contributed by atoms with Crippen molar-refractivity contribution >= 4 is 23.3 Å². The Morgan fingerprint density at radius 3 is 2.24 bits per heavy atom. The number of epoxide rings is 1. The minimum atomic E-state index is -1.87. The Labute approximate surface area is 249 Å². The van der Waals surface area contributed by atoms with Crippen molar-refractivity contribution in [2.75, 3.05) is 13.7 Å². The summed E-state index contributed by atoms with van der Waals surface area (Å²) in [4.78, 5) is 52.8. The van der Waals surface area contributed by atoms with Crippen molar-refractivity contribution in [1.29, 1.82) is 0 Å². The third-order valence-corrected chi connectivity index (χ3v) is 9.09. The maximum absolute atomic E-state index is 13.7. The molecule has 0 amide bonds. The van der Waals surface area contributed by atoms with E-state index in [1.165, 1.54) is 21.0 Å². The van der Waals surface area contributed by atoms with Gasteiger partial charge in [-0.05, 0) is 32.8 Å². The number of carbonyl (C=O) groups is 4. The zero-order valence-corrected chi connectivity index (χ0v) is 26.4. The van der Waals surface area contributed by atoms with Crippen LogP contribution in [0.3, 0.4) is 0 Å². The summed E-state index contributed by atoms with van der Waals surface area (Å²) in [5.41, 5.74) is -0.633. The largest absolute Gasteiger partial charge is 0.463 e. The third-order valence-electron chi connectivity index (χ3n) is 9.09. The van der Waals surface area contributed by atoms with Crippen molar-refractivity contribution in [3.63, 3.8) is 0 Å². The van der Waals surface area contributed by atoms with Gasteiger partial charge in [0.25, 0.3) is 0 Å². The van der Waals surface area contributed by atoms with Gasteiger partial charge in [-0.25, -0.2) is 4.79 Å². The SMILES string of the molecule is CC=CC(C)C1OC1(C)C(O)C1COC(=O)C(O)C(OC)C(C)C(=O)C(C)C(O)C(C)=CC(C)C(=O)CCC(C)C1=O. The van der Waals surface area contributed by atoms with E-state index in [1.54, 1.807) is 33.8 Å². The number of carbonyl (C=O) groups excluding carboxylic acids is 4. The molecule has 0 aromatic heterocycles. The van der Waals surface area contributed by atoms with Crippen LogP contribution in [0, 0.1) is 35.5 Å². The number of hydrogen-bond donors (Lipinski definition) is 3. The average molecular weight is 595 g/mol. The van der Waals surface area contributed by atoms with Gasteiger partial charge in [-0.3, -0.25) is 14.4 Å². The van der Waals surface area contributed by atoms with Crippen LogP contribution in [-0.2, 0) is 33.4 Å². The number of cyclic esters (lactones) is 1. The molecule has 0 saturated carbocycles. The molecule has 238 valence electrons. The van der Waals surface area contributed by atoms with E-state index in [0.29, 0.717) is 5.57 Å². The van der Waals surface area contributed by atoms with E-state index in [9.17, 15) is 34.5 Å². The van der Waals surface area contributed by atoms with Crippen molar-refractivity contribution in [2.24, 2.45) is 35.5 Å². The van der Waals surface area contributed by atoms with E-state index in [4.69, 9.17) is 14.2 Å². The van der Waals surface area contributed by atoms with E-state index >= 15 is 0 Å². The molecule has 12 atom stereocenters. The average Bonchev–Trinajstić information content (AvgIpc) is 3.66. The number of esters is 1. The van der Waals surface area contributed by atoms with Crippen molar-refractivity contribution in [3.05, 3.63) is 23.8 Å². The third kappa shape index (κ3) is 8.02. The predicted octanol–water partition coefficient (Wildman–Crippen LogP) is 2.60. The number of allylic oxidation sites excluding steroid dienone is 2. The zero-order valence-electron chi connectivity index (χ0n) is 26.4. The second kappa shape index (κ2) is 15.0. The van der Waals surface area contributed by atoms with Gasteiger partial charge in [-0.1, -0.05) is 52.8 Å². The van der Waals surface area contributed by atoms with Crippen molar-refractivity contribution in [2.45, 2.75) is 104 Å². The lowest BCUT2D eigenvalue weighted by molar-refractivity contribution is -0.168. The molecule has 42 heavy (non-hydrogen) atoms. The van der Waals surface area contributed by atoms with Crippen LogP contribution in [-0.4, -0.2) is 88.5 Å². The first-order chi connectivity index (χ1) is 19.5. The van der Waals surface area contributed by atoms with Crippen LogP contribution in [0.5, 0.6) is 0 Å². The number of rotatable bonds is 5.